The van der Waals surface area contributed by atoms with Crippen LogP contribution in [0.25, 0.3) is 0 Å². The van der Waals surface area contributed by atoms with Crippen LogP contribution in [-0.4, -0.2) is 43.9 Å². The SMILES string of the molecule is CN(C)C(=O)c1ccc(NC(=O)CN2CCCc3ccccc32)cc1. The van der Waals surface area contributed by atoms with E-state index in [9.17, 15) is 9.59 Å². The molecule has 3 rings (SSSR count). The van der Waals surface area contributed by atoms with Gasteiger partial charge in [-0.1, -0.05) is 18.2 Å². The number of amides is 2. The zero-order valence-electron chi connectivity index (χ0n) is 14.7. The van der Waals surface area contributed by atoms with Crippen LogP contribution in [0.2, 0.25) is 0 Å². The molecule has 0 saturated carbocycles. The highest BCUT2D eigenvalue weighted by Gasteiger charge is 2.18. The predicted molar refractivity (Wildman–Crippen MR) is 100 cm³/mol. The Morgan fingerprint density at radius 3 is 2.52 bits per heavy atom. The van der Waals surface area contributed by atoms with Crippen LogP contribution in [0.15, 0.2) is 48.5 Å². The molecule has 2 aromatic rings. The van der Waals surface area contributed by atoms with Crippen molar-refractivity contribution in [2.24, 2.45) is 0 Å². The van der Waals surface area contributed by atoms with Crippen LogP contribution >= 0.6 is 0 Å². The summed E-state index contributed by atoms with van der Waals surface area (Å²) in [7, 11) is 3.43. The Hall–Kier alpha value is -2.82. The normalized spacial score (nSPS) is 13.1. The van der Waals surface area contributed by atoms with Gasteiger partial charge in [-0.3, -0.25) is 9.59 Å². The molecule has 2 aromatic carbocycles. The van der Waals surface area contributed by atoms with Crippen molar-refractivity contribution in [3.05, 3.63) is 59.7 Å². The van der Waals surface area contributed by atoms with E-state index in [1.807, 2.05) is 12.1 Å². The number of aryl methyl sites for hydroxylation is 1. The van der Waals surface area contributed by atoms with Gasteiger partial charge < -0.3 is 15.1 Å². The summed E-state index contributed by atoms with van der Waals surface area (Å²) in [5.74, 6) is -0.105. The average molecular weight is 337 g/mol. The van der Waals surface area contributed by atoms with Crippen molar-refractivity contribution in [1.82, 2.24) is 4.90 Å². The van der Waals surface area contributed by atoms with Crippen LogP contribution in [-0.2, 0) is 11.2 Å². The molecule has 25 heavy (non-hydrogen) atoms. The Morgan fingerprint density at radius 2 is 1.80 bits per heavy atom. The highest BCUT2D eigenvalue weighted by atomic mass is 16.2. The maximum absolute atomic E-state index is 12.4. The van der Waals surface area contributed by atoms with Gasteiger partial charge in [0.15, 0.2) is 0 Å². The molecule has 0 aliphatic carbocycles. The van der Waals surface area contributed by atoms with Gasteiger partial charge in [0, 0.05) is 37.6 Å². The number of nitrogens with one attached hydrogen (secondary N) is 1. The van der Waals surface area contributed by atoms with Crippen molar-refractivity contribution in [2.75, 3.05) is 37.4 Å². The standard InChI is InChI=1S/C20H23N3O2/c1-22(2)20(25)16-9-11-17(12-10-16)21-19(24)14-23-13-5-7-15-6-3-4-8-18(15)23/h3-4,6,8-12H,5,7,13-14H2,1-2H3,(H,21,24). The Bertz CT molecular complexity index is 769. The molecule has 1 heterocycles. The smallest absolute Gasteiger partial charge is 0.253 e. The summed E-state index contributed by atoms with van der Waals surface area (Å²) >= 11 is 0. The Labute approximate surface area is 148 Å². The van der Waals surface area contributed by atoms with Crippen LogP contribution in [0.4, 0.5) is 11.4 Å². The lowest BCUT2D eigenvalue weighted by molar-refractivity contribution is -0.115. The van der Waals surface area contributed by atoms with Crippen molar-refractivity contribution >= 4 is 23.2 Å². The quantitative estimate of drug-likeness (QED) is 0.933. The summed E-state index contributed by atoms with van der Waals surface area (Å²) < 4.78 is 0. The molecule has 0 saturated heterocycles. The molecule has 5 nitrogen and oxygen atoms in total. The largest absolute Gasteiger partial charge is 0.362 e. The van der Waals surface area contributed by atoms with E-state index in [0.29, 0.717) is 17.8 Å². The van der Waals surface area contributed by atoms with Crippen LogP contribution in [0.5, 0.6) is 0 Å². The van der Waals surface area contributed by atoms with Crippen molar-refractivity contribution in [3.8, 4) is 0 Å². The zero-order chi connectivity index (χ0) is 17.8. The molecule has 0 unspecified atom stereocenters. The molecule has 2 amide bonds. The molecule has 130 valence electrons. The lowest BCUT2D eigenvalue weighted by Gasteiger charge is -2.30. The van der Waals surface area contributed by atoms with Gasteiger partial charge in [-0.2, -0.15) is 0 Å². The van der Waals surface area contributed by atoms with Gasteiger partial charge in [-0.05, 0) is 48.7 Å². The number of rotatable bonds is 4. The molecular formula is C20H23N3O2. The third-order valence-electron chi connectivity index (χ3n) is 4.36. The topological polar surface area (TPSA) is 52.7 Å². The molecule has 0 spiro atoms. The van der Waals surface area contributed by atoms with Gasteiger partial charge in [0.2, 0.25) is 5.91 Å². The fourth-order valence-corrected chi connectivity index (χ4v) is 3.10. The van der Waals surface area contributed by atoms with Gasteiger partial charge in [0.05, 0.1) is 6.54 Å². The van der Waals surface area contributed by atoms with Crippen LogP contribution in [0.1, 0.15) is 22.3 Å². The minimum atomic E-state index is -0.0530. The number of fused-ring (bicyclic) bond motifs is 1. The van der Waals surface area contributed by atoms with E-state index in [1.54, 1.807) is 38.4 Å². The van der Waals surface area contributed by atoms with Gasteiger partial charge in [-0.15, -0.1) is 0 Å². The third-order valence-corrected chi connectivity index (χ3v) is 4.36. The Morgan fingerprint density at radius 1 is 1.08 bits per heavy atom. The summed E-state index contributed by atoms with van der Waals surface area (Å²) in [6.07, 6.45) is 2.13. The number of carbonyl (C=O) groups excluding carboxylic acids is 2. The van der Waals surface area contributed by atoms with E-state index >= 15 is 0 Å². The van der Waals surface area contributed by atoms with Crippen molar-refractivity contribution in [3.63, 3.8) is 0 Å². The molecule has 1 aliphatic rings. The van der Waals surface area contributed by atoms with Gasteiger partial charge in [0.25, 0.3) is 5.91 Å². The number of carbonyl (C=O) groups is 2. The van der Waals surface area contributed by atoms with Crippen LogP contribution < -0.4 is 10.2 Å². The van der Waals surface area contributed by atoms with E-state index in [0.717, 1.165) is 25.1 Å². The fourth-order valence-electron chi connectivity index (χ4n) is 3.10. The van der Waals surface area contributed by atoms with E-state index in [1.165, 1.54) is 10.5 Å². The van der Waals surface area contributed by atoms with Crippen molar-refractivity contribution in [2.45, 2.75) is 12.8 Å². The minimum absolute atomic E-state index is 0.0524. The number of nitrogens with zero attached hydrogens (tertiary/aromatic N) is 2. The first-order chi connectivity index (χ1) is 12.0. The number of hydrogen-bond acceptors (Lipinski definition) is 3. The highest BCUT2D eigenvalue weighted by Crippen LogP contribution is 2.26. The molecule has 0 fully saturated rings. The van der Waals surface area contributed by atoms with Crippen molar-refractivity contribution in [1.29, 1.82) is 0 Å². The molecule has 0 radical (unpaired) electrons. The second-order valence-electron chi connectivity index (χ2n) is 6.48. The third kappa shape index (κ3) is 3.99. The monoisotopic (exact) mass is 337 g/mol. The maximum atomic E-state index is 12.4. The second-order valence-corrected chi connectivity index (χ2v) is 6.48. The number of hydrogen-bond donors (Lipinski definition) is 1. The molecular weight excluding hydrogens is 314 g/mol. The molecule has 1 N–H and O–H groups in total. The van der Waals surface area contributed by atoms with E-state index in [2.05, 4.69) is 22.3 Å². The first kappa shape index (κ1) is 17.0. The first-order valence-corrected chi connectivity index (χ1v) is 8.49. The zero-order valence-corrected chi connectivity index (χ0v) is 14.7. The van der Waals surface area contributed by atoms with Gasteiger partial charge >= 0.3 is 0 Å². The predicted octanol–water partition coefficient (Wildman–Crippen LogP) is 2.78. The van der Waals surface area contributed by atoms with Gasteiger partial charge in [-0.25, -0.2) is 0 Å². The number of benzene rings is 2. The van der Waals surface area contributed by atoms with Crippen LogP contribution in [0.3, 0.4) is 0 Å². The summed E-state index contributed by atoms with van der Waals surface area (Å²) in [6.45, 7) is 1.22. The molecule has 0 bridgehead atoms. The number of para-hydroxylation sites is 1. The minimum Gasteiger partial charge on any atom is -0.362 e. The first-order valence-electron chi connectivity index (χ1n) is 8.49. The van der Waals surface area contributed by atoms with Crippen molar-refractivity contribution < 1.29 is 9.59 Å². The Balaban J connectivity index is 1.63. The second kappa shape index (κ2) is 7.38. The van der Waals surface area contributed by atoms with Crippen LogP contribution in [0, 0.1) is 0 Å². The number of anilines is 2. The molecule has 1 aliphatic heterocycles. The van der Waals surface area contributed by atoms with E-state index in [4.69, 9.17) is 0 Å². The fraction of sp³-hybridized carbons (Fsp3) is 0.300. The summed E-state index contributed by atoms with van der Waals surface area (Å²) in [5, 5.41) is 2.91. The summed E-state index contributed by atoms with van der Waals surface area (Å²) in [5.41, 5.74) is 3.75. The molecule has 5 heteroatoms. The lowest BCUT2D eigenvalue weighted by atomic mass is 10.0. The average Bonchev–Trinajstić information content (AvgIpc) is 2.62. The van der Waals surface area contributed by atoms with Gasteiger partial charge in [0.1, 0.15) is 0 Å². The Kier molecular flexibility index (Phi) is 5.03. The summed E-state index contributed by atoms with van der Waals surface area (Å²) in [6, 6.07) is 15.2. The maximum Gasteiger partial charge on any atom is 0.253 e. The lowest BCUT2D eigenvalue weighted by Crippen LogP contribution is -2.36. The molecule has 0 atom stereocenters. The summed E-state index contributed by atoms with van der Waals surface area (Å²) in [4.78, 5) is 27.9. The highest BCUT2D eigenvalue weighted by molar-refractivity contribution is 5.96. The van der Waals surface area contributed by atoms with E-state index in [-0.39, 0.29) is 11.8 Å². The molecule has 0 aromatic heterocycles. The van der Waals surface area contributed by atoms with E-state index < -0.39 is 0 Å².